The van der Waals surface area contributed by atoms with E-state index in [-0.39, 0.29) is 6.23 Å². The number of ether oxygens (including phenoxy) is 1. The number of carbonyl (C=O) groups is 1. The second kappa shape index (κ2) is 6.72. The lowest BCUT2D eigenvalue weighted by Crippen LogP contribution is -2.48. The summed E-state index contributed by atoms with van der Waals surface area (Å²) >= 11 is 0. The van der Waals surface area contributed by atoms with Gasteiger partial charge in [-0.15, -0.1) is 0 Å². The summed E-state index contributed by atoms with van der Waals surface area (Å²) < 4.78 is 5.75. The fraction of sp³-hybridized carbons (Fsp3) is 0.533. The first-order valence-electron chi connectivity index (χ1n) is 6.72. The summed E-state index contributed by atoms with van der Waals surface area (Å²) in [7, 11) is 0. The van der Waals surface area contributed by atoms with Crippen molar-refractivity contribution in [3.05, 3.63) is 29.8 Å². The Kier molecular flexibility index (Phi) is 5.53. The molecule has 1 aromatic rings. The maximum atomic E-state index is 11.0. The molecule has 0 aromatic heterocycles. The molecule has 5 heteroatoms. The van der Waals surface area contributed by atoms with E-state index in [0.29, 0.717) is 17.7 Å². The molecule has 0 saturated heterocycles. The molecular formula is C15H23NO4. The zero-order valence-corrected chi connectivity index (χ0v) is 12.4. The minimum absolute atomic E-state index is 0.342. The van der Waals surface area contributed by atoms with Crippen LogP contribution in [0.3, 0.4) is 0 Å². The van der Waals surface area contributed by atoms with Crippen molar-refractivity contribution in [2.75, 3.05) is 0 Å². The molecular weight excluding hydrogens is 258 g/mol. The zero-order valence-electron chi connectivity index (χ0n) is 12.4. The molecule has 0 unspecified atom stereocenters. The SMILES string of the molecule is CC[C@H](NC(C)(C)O)Oc1cccc([C@@H](C)C(=O)O)c1. The van der Waals surface area contributed by atoms with Gasteiger partial charge in [-0.2, -0.15) is 0 Å². The van der Waals surface area contributed by atoms with Crippen LogP contribution in [0.2, 0.25) is 0 Å². The van der Waals surface area contributed by atoms with Crippen molar-refractivity contribution in [1.29, 1.82) is 0 Å². The Morgan fingerprint density at radius 3 is 2.60 bits per heavy atom. The van der Waals surface area contributed by atoms with Crippen LogP contribution in [-0.2, 0) is 4.79 Å². The average molecular weight is 281 g/mol. The van der Waals surface area contributed by atoms with Crippen LogP contribution in [-0.4, -0.2) is 28.1 Å². The predicted octanol–water partition coefficient (Wildman–Crippen LogP) is 2.31. The summed E-state index contributed by atoms with van der Waals surface area (Å²) in [5.74, 6) is -0.871. The molecule has 0 radical (unpaired) electrons. The average Bonchev–Trinajstić information content (AvgIpc) is 2.35. The van der Waals surface area contributed by atoms with E-state index in [1.807, 2.05) is 6.92 Å². The number of hydrogen-bond acceptors (Lipinski definition) is 4. The number of carboxylic acids is 1. The molecule has 0 aliphatic heterocycles. The molecule has 0 bridgehead atoms. The third-order valence-electron chi connectivity index (χ3n) is 2.89. The lowest BCUT2D eigenvalue weighted by atomic mass is 10.0. The van der Waals surface area contributed by atoms with Crippen LogP contribution in [0.25, 0.3) is 0 Å². The molecule has 1 aromatic carbocycles. The highest BCUT2D eigenvalue weighted by Crippen LogP contribution is 2.22. The van der Waals surface area contributed by atoms with Crippen LogP contribution in [0.4, 0.5) is 0 Å². The summed E-state index contributed by atoms with van der Waals surface area (Å²) in [5, 5.41) is 21.7. The van der Waals surface area contributed by atoms with Gasteiger partial charge in [0, 0.05) is 0 Å². The van der Waals surface area contributed by atoms with Crippen LogP contribution in [0, 0.1) is 0 Å². The molecule has 0 fully saturated rings. The van der Waals surface area contributed by atoms with Crippen LogP contribution in [0.15, 0.2) is 24.3 Å². The van der Waals surface area contributed by atoms with Gasteiger partial charge in [0.15, 0.2) is 6.23 Å². The Hall–Kier alpha value is -1.59. The Bertz CT molecular complexity index is 453. The Labute approximate surface area is 119 Å². The molecule has 0 saturated carbocycles. The predicted molar refractivity (Wildman–Crippen MR) is 76.6 cm³/mol. The van der Waals surface area contributed by atoms with Gasteiger partial charge in [-0.3, -0.25) is 10.1 Å². The topological polar surface area (TPSA) is 78.8 Å². The van der Waals surface area contributed by atoms with Crippen molar-refractivity contribution in [3.63, 3.8) is 0 Å². The summed E-state index contributed by atoms with van der Waals surface area (Å²) in [6.07, 6.45) is 0.327. The van der Waals surface area contributed by atoms with Crippen LogP contribution in [0.5, 0.6) is 5.75 Å². The van der Waals surface area contributed by atoms with Gasteiger partial charge >= 0.3 is 5.97 Å². The number of aliphatic carboxylic acids is 1. The van der Waals surface area contributed by atoms with Gasteiger partial charge in [-0.25, -0.2) is 0 Å². The summed E-state index contributed by atoms with van der Waals surface area (Å²) in [6.45, 7) is 6.85. The van der Waals surface area contributed by atoms with E-state index >= 15 is 0 Å². The van der Waals surface area contributed by atoms with Crippen molar-refractivity contribution in [2.45, 2.75) is 52.0 Å². The highest BCUT2D eigenvalue weighted by atomic mass is 16.5. The fourth-order valence-electron chi connectivity index (χ4n) is 1.77. The van der Waals surface area contributed by atoms with Crippen LogP contribution in [0.1, 0.15) is 45.6 Å². The van der Waals surface area contributed by atoms with E-state index in [1.54, 1.807) is 45.0 Å². The second-order valence-corrected chi connectivity index (χ2v) is 5.35. The van der Waals surface area contributed by atoms with E-state index in [4.69, 9.17) is 9.84 Å². The quantitative estimate of drug-likeness (QED) is 0.668. The van der Waals surface area contributed by atoms with Gasteiger partial charge in [-0.05, 0) is 44.9 Å². The molecule has 0 heterocycles. The molecule has 5 nitrogen and oxygen atoms in total. The number of rotatable bonds is 7. The van der Waals surface area contributed by atoms with E-state index < -0.39 is 17.6 Å². The molecule has 2 atom stereocenters. The number of aliphatic hydroxyl groups is 1. The molecule has 3 N–H and O–H groups in total. The van der Waals surface area contributed by atoms with Gasteiger partial charge in [0.1, 0.15) is 11.5 Å². The molecule has 0 spiro atoms. The van der Waals surface area contributed by atoms with Crippen LogP contribution >= 0.6 is 0 Å². The fourth-order valence-corrected chi connectivity index (χ4v) is 1.77. The first-order valence-corrected chi connectivity index (χ1v) is 6.72. The van der Waals surface area contributed by atoms with Gasteiger partial charge < -0.3 is 14.9 Å². The standard InChI is InChI=1S/C15H23NO4/c1-5-13(16-15(3,4)19)20-12-8-6-7-11(9-12)10(2)14(17)18/h6-10,13,16,19H,5H2,1-4H3,(H,17,18)/t10-,13-/m1/s1. The third-order valence-corrected chi connectivity index (χ3v) is 2.89. The molecule has 1 rings (SSSR count). The number of carboxylic acid groups (broad SMARTS) is 1. The van der Waals surface area contributed by atoms with Crippen molar-refractivity contribution in [2.24, 2.45) is 0 Å². The van der Waals surface area contributed by atoms with Crippen LogP contribution < -0.4 is 10.1 Å². The van der Waals surface area contributed by atoms with Crippen molar-refractivity contribution in [3.8, 4) is 5.75 Å². The Morgan fingerprint density at radius 2 is 2.10 bits per heavy atom. The third kappa shape index (κ3) is 5.19. The summed E-state index contributed by atoms with van der Waals surface area (Å²) in [6, 6.07) is 7.01. The highest BCUT2D eigenvalue weighted by molar-refractivity contribution is 5.75. The normalized spacial score (nSPS) is 14.7. The minimum Gasteiger partial charge on any atom is -0.481 e. The maximum Gasteiger partial charge on any atom is 0.310 e. The Balaban J connectivity index is 2.81. The number of nitrogens with one attached hydrogen (secondary N) is 1. The summed E-state index contributed by atoms with van der Waals surface area (Å²) in [5.41, 5.74) is -0.347. The molecule has 0 aliphatic rings. The van der Waals surface area contributed by atoms with Crippen molar-refractivity contribution in [1.82, 2.24) is 5.32 Å². The van der Waals surface area contributed by atoms with E-state index in [0.717, 1.165) is 0 Å². The zero-order chi connectivity index (χ0) is 15.3. The Morgan fingerprint density at radius 1 is 1.45 bits per heavy atom. The van der Waals surface area contributed by atoms with E-state index in [9.17, 15) is 9.90 Å². The van der Waals surface area contributed by atoms with E-state index in [1.165, 1.54) is 0 Å². The smallest absolute Gasteiger partial charge is 0.310 e. The van der Waals surface area contributed by atoms with E-state index in [2.05, 4.69) is 5.32 Å². The van der Waals surface area contributed by atoms with Gasteiger partial charge in [0.25, 0.3) is 0 Å². The summed E-state index contributed by atoms with van der Waals surface area (Å²) in [4.78, 5) is 11.0. The maximum absolute atomic E-state index is 11.0. The van der Waals surface area contributed by atoms with Crippen molar-refractivity contribution < 1.29 is 19.7 Å². The first-order chi connectivity index (χ1) is 9.23. The van der Waals surface area contributed by atoms with Gasteiger partial charge in [0.2, 0.25) is 0 Å². The molecule has 0 amide bonds. The highest BCUT2D eigenvalue weighted by Gasteiger charge is 2.19. The number of benzene rings is 1. The number of hydrogen-bond donors (Lipinski definition) is 3. The molecule has 112 valence electrons. The lowest BCUT2D eigenvalue weighted by Gasteiger charge is -2.27. The minimum atomic E-state index is -1.04. The van der Waals surface area contributed by atoms with Gasteiger partial charge in [-0.1, -0.05) is 19.1 Å². The molecule has 0 aliphatic carbocycles. The second-order valence-electron chi connectivity index (χ2n) is 5.35. The monoisotopic (exact) mass is 281 g/mol. The lowest BCUT2D eigenvalue weighted by molar-refractivity contribution is -0.138. The molecule has 20 heavy (non-hydrogen) atoms. The van der Waals surface area contributed by atoms with Crippen molar-refractivity contribution >= 4 is 5.97 Å². The first kappa shape index (κ1) is 16.5. The largest absolute Gasteiger partial charge is 0.481 e. The van der Waals surface area contributed by atoms with Gasteiger partial charge in [0.05, 0.1) is 5.92 Å².